The Morgan fingerprint density at radius 1 is 1.03 bits per heavy atom. The molecule has 0 unspecified atom stereocenters. The second-order valence-corrected chi connectivity index (χ2v) is 6.66. The van der Waals surface area contributed by atoms with Crippen LogP contribution in [0.5, 0.6) is 23.0 Å². The maximum Gasteiger partial charge on any atom is 0.343 e. The van der Waals surface area contributed by atoms with Gasteiger partial charge in [-0.1, -0.05) is 30.3 Å². The van der Waals surface area contributed by atoms with E-state index in [2.05, 4.69) is 0 Å². The Balaban J connectivity index is 1.71. The molecule has 1 heterocycles. The summed E-state index contributed by atoms with van der Waals surface area (Å²) in [4.78, 5) is 25.5. The van der Waals surface area contributed by atoms with E-state index >= 15 is 0 Å². The topological polar surface area (TPSA) is 71.1 Å². The van der Waals surface area contributed by atoms with Gasteiger partial charge < -0.3 is 18.9 Å². The maximum absolute atomic E-state index is 12.8. The summed E-state index contributed by atoms with van der Waals surface area (Å²) < 4.78 is 22.3. The highest BCUT2D eigenvalue weighted by atomic mass is 16.6. The van der Waals surface area contributed by atoms with Gasteiger partial charge in [-0.05, 0) is 43.3 Å². The fourth-order valence-corrected chi connectivity index (χ4v) is 3.19. The van der Waals surface area contributed by atoms with Gasteiger partial charge in [0.2, 0.25) is 5.78 Å². The zero-order valence-electron chi connectivity index (χ0n) is 17.1. The number of hydrogen-bond donors (Lipinski definition) is 0. The molecule has 6 heteroatoms. The lowest BCUT2D eigenvalue weighted by Gasteiger charge is -2.13. The van der Waals surface area contributed by atoms with Gasteiger partial charge in [0, 0.05) is 11.6 Å². The van der Waals surface area contributed by atoms with Crippen molar-refractivity contribution in [2.24, 2.45) is 0 Å². The number of rotatable bonds is 6. The van der Waals surface area contributed by atoms with Gasteiger partial charge >= 0.3 is 5.97 Å². The molecule has 0 saturated carbocycles. The standard InChI is InChI=1S/C25H20O6/c1-3-29-20-11-7-10-17(24(20)31-25(27)16-8-5-4-6-9-16)14-22-23(26)19-13-12-18(28-2)15-21(19)30-22/h4-15H,3H2,1-2H3/b22-14-. The van der Waals surface area contributed by atoms with Crippen molar-refractivity contribution in [1.82, 2.24) is 0 Å². The first-order chi connectivity index (χ1) is 15.1. The van der Waals surface area contributed by atoms with Crippen LogP contribution in [0, 0.1) is 0 Å². The zero-order chi connectivity index (χ0) is 21.8. The molecule has 0 amide bonds. The lowest BCUT2D eigenvalue weighted by Crippen LogP contribution is -2.11. The number of allylic oxidation sites excluding steroid dienone is 1. The lowest BCUT2D eigenvalue weighted by molar-refractivity contribution is 0.0728. The van der Waals surface area contributed by atoms with E-state index in [-0.39, 0.29) is 17.3 Å². The third-order valence-corrected chi connectivity index (χ3v) is 4.68. The molecule has 0 atom stereocenters. The average Bonchev–Trinajstić information content (AvgIpc) is 3.11. The number of benzene rings is 3. The molecule has 6 nitrogen and oxygen atoms in total. The summed E-state index contributed by atoms with van der Waals surface area (Å²) in [5.74, 6) is 0.942. The first kappa shape index (κ1) is 20.2. The van der Waals surface area contributed by atoms with E-state index in [1.807, 2.05) is 13.0 Å². The molecule has 0 N–H and O–H groups in total. The molecule has 0 radical (unpaired) electrons. The van der Waals surface area contributed by atoms with Gasteiger partial charge in [-0.15, -0.1) is 0 Å². The third-order valence-electron chi connectivity index (χ3n) is 4.68. The number of carbonyl (C=O) groups is 2. The summed E-state index contributed by atoms with van der Waals surface area (Å²) in [6.07, 6.45) is 1.55. The Morgan fingerprint density at radius 2 is 1.84 bits per heavy atom. The molecule has 3 aromatic carbocycles. The Bertz CT molecular complexity index is 1160. The van der Waals surface area contributed by atoms with Crippen LogP contribution in [-0.2, 0) is 0 Å². The van der Waals surface area contributed by atoms with E-state index in [9.17, 15) is 9.59 Å². The quantitative estimate of drug-likeness (QED) is 0.322. The molecule has 0 aliphatic carbocycles. The molecule has 0 bridgehead atoms. The van der Waals surface area contributed by atoms with Crippen LogP contribution in [0.4, 0.5) is 0 Å². The van der Waals surface area contributed by atoms with E-state index in [1.165, 1.54) is 0 Å². The van der Waals surface area contributed by atoms with Crippen LogP contribution in [0.1, 0.15) is 33.2 Å². The minimum Gasteiger partial charge on any atom is -0.497 e. The largest absolute Gasteiger partial charge is 0.497 e. The number of carbonyl (C=O) groups excluding carboxylic acids is 2. The van der Waals surface area contributed by atoms with E-state index in [0.29, 0.717) is 40.5 Å². The smallest absolute Gasteiger partial charge is 0.343 e. The van der Waals surface area contributed by atoms with Gasteiger partial charge in [-0.2, -0.15) is 0 Å². The molecule has 0 fully saturated rings. The molecular weight excluding hydrogens is 396 g/mol. The minimum absolute atomic E-state index is 0.119. The van der Waals surface area contributed by atoms with Crippen molar-refractivity contribution in [3.8, 4) is 23.0 Å². The number of ketones is 1. The Kier molecular flexibility index (Phi) is 5.71. The maximum atomic E-state index is 12.8. The summed E-state index contributed by atoms with van der Waals surface area (Å²) in [7, 11) is 1.54. The number of esters is 1. The second-order valence-electron chi connectivity index (χ2n) is 6.66. The lowest BCUT2D eigenvalue weighted by atomic mass is 10.1. The van der Waals surface area contributed by atoms with E-state index < -0.39 is 5.97 Å². The molecule has 156 valence electrons. The highest BCUT2D eigenvalue weighted by Gasteiger charge is 2.28. The predicted octanol–water partition coefficient (Wildman–Crippen LogP) is 4.93. The number of Topliss-reactive ketones (excluding diaryl/α,β-unsaturated/α-hetero) is 1. The zero-order valence-corrected chi connectivity index (χ0v) is 17.1. The van der Waals surface area contributed by atoms with Gasteiger partial charge in [0.1, 0.15) is 11.5 Å². The van der Waals surface area contributed by atoms with Crippen molar-refractivity contribution in [2.75, 3.05) is 13.7 Å². The van der Waals surface area contributed by atoms with Crippen molar-refractivity contribution in [3.63, 3.8) is 0 Å². The van der Waals surface area contributed by atoms with Crippen LogP contribution in [0.2, 0.25) is 0 Å². The van der Waals surface area contributed by atoms with Crippen LogP contribution >= 0.6 is 0 Å². The van der Waals surface area contributed by atoms with Crippen LogP contribution in [0.3, 0.4) is 0 Å². The van der Waals surface area contributed by atoms with E-state index in [1.54, 1.807) is 73.8 Å². The van der Waals surface area contributed by atoms with Crippen molar-refractivity contribution < 1.29 is 28.5 Å². The molecule has 4 rings (SSSR count). The van der Waals surface area contributed by atoms with E-state index in [0.717, 1.165) is 0 Å². The molecule has 0 saturated heterocycles. The summed E-state index contributed by atoms with van der Waals surface area (Å²) in [5, 5.41) is 0. The van der Waals surface area contributed by atoms with E-state index in [4.69, 9.17) is 18.9 Å². The van der Waals surface area contributed by atoms with Gasteiger partial charge in [0.05, 0.1) is 24.8 Å². The summed E-state index contributed by atoms with van der Waals surface area (Å²) >= 11 is 0. The SMILES string of the molecule is CCOc1cccc(/C=C2\Oc3cc(OC)ccc3C2=O)c1OC(=O)c1ccccc1. The number of fused-ring (bicyclic) bond motifs is 1. The summed E-state index contributed by atoms with van der Waals surface area (Å²) in [6, 6.07) is 18.9. The third kappa shape index (κ3) is 4.14. The molecular formula is C25H20O6. The second kappa shape index (κ2) is 8.75. The first-order valence-corrected chi connectivity index (χ1v) is 9.76. The van der Waals surface area contributed by atoms with Crippen molar-refractivity contribution in [3.05, 3.63) is 89.2 Å². The van der Waals surface area contributed by atoms with Crippen molar-refractivity contribution in [2.45, 2.75) is 6.92 Å². The van der Waals surface area contributed by atoms with Gasteiger partial charge in [0.15, 0.2) is 17.3 Å². The van der Waals surface area contributed by atoms with Crippen molar-refractivity contribution in [1.29, 1.82) is 0 Å². The minimum atomic E-state index is -0.529. The fraction of sp³-hybridized carbons (Fsp3) is 0.120. The molecule has 1 aliphatic rings. The molecule has 31 heavy (non-hydrogen) atoms. The summed E-state index contributed by atoms with van der Waals surface area (Å²) in [6.45, 7) is 2.22. The number of para-hydroxylation sites is 1. The van der Waals surface area contributed by atoms with Crippen LogP contribution in [0.15, 0.2) is 72.5 Å². The molecule has 3 aromatic rings. The highest BCUT2D eigenvalue weighted by Crippen LogP contribution is 2.38. The van der Waals surface area contributed by atoms with Gasteiger partial charge in [-0.25, -0.2) is 4.79 Å². The predicted molar refractivity (Wildman–Crippen MR) is 115 cm³/mol. The molecule has 0 spiro atoms. The highest BCUT2D eigenvalue weighted by molar-refractivity contribution is 6.14. The molecule has 0 aromatic heterocycles. The Labute approximate surface area is 179 Å². The van der Waals surface area contributed by atoms with Crippen molar-refractivity contribution >= 4 is 17.8 Å². The number of methoxy groups -OCH3 is 1. The van der Waals surface area contributed by atoms with Crippen LogP contribution < -0.4 is 18.9 Å². The number of hydrogen-bond acceptors (Lipinski definition) is 6. The van der Waals surface area contributed by atoms with Gasteiger partial charge in [0.25, 0.3) is 0 Å². The van der Waals surface area contributed by atoms with Crippen LogP contribution in [-0.4, -0.2) is 25.5 Å². The Morgan fingerprint density at radius 3 is 2.58 bits per heavy atom. The Hall–Kier alpha value is -4.06. The first-order valence-electron chi connectivity index (χ1n) is 9.76. The average molecular weight is 416 g/mol. The monoisotopic (exact) mass is 416 g/mol. The number of ether oxygens (including phenoxy) is 4. The summed E-state index contributed by atoms with van der Waals surface area (Å²) in [5.41, 5.74) is 1.33. The van der Waals surface area contributed by atoms with Gasteiger partial charge in [-0.3, -0.25) is 4.79 Å². The fourth-order valence-electron chi connectivity index (χ4n) is 3.19. The normalized spacial score (nSPS) is 13.5. The van der Waals surface area contributed by atoms with Crippen LogP contribution in [0.25, 0.3) is 6.08 Å². The molecule has 1 aliphatic heterocycles.